The average Bonchev–Trinajstić information content (AvgIpc) is 2.70. The van der Waals surface area contributed by atoms with Gasteiger partial charge in [0, 0.05) is 19.7 Å². The summed E-state index contributed by atoms with van der Waals surface area (Å²) < 4.78 is 7.09. The van der Waals surface area contributed by atoms with Gasteiger partial charge in [-0.15, -0.1) is 0 Å². The molecule has 0 aromatic carbocycles. The van der Waals surface area contributed by atoms with Crippen molar-refractivity contribution in [3.05, 3.63) is 12.5 Å². The largest absolute Gasteiger partial charge is 0.380 e. The predicted molar refractivity (Wildman–Crippen MR) is 65.9 cm³/mol. The normalized spacial score (nSPS) is 12.9. The molecule has 17 heavy (non-hydrogen) atoms. The highest BCUT2D eigenvalue weighted by atomic mass is 16.5. The quantitative estimate of drug-likeness (QED) is 0.843. The van der Waals surface area contributed by atoms with Gasteiger partial charge in [0.1, 0.15) is 12.1 Å². The van der Waals surface area contributed by atoms with Crippen LogP contribution >= 0.6 is 0 Å². The lowest BCUT2D eigenvalue weighted by Crippen LogP contribution is -2.22. The molecular formula is C11H17N5O. The fourth-order valence-electron chi connectivity index (χ4n) is 1.65. The van der Waals surface area contributed by atoms with Crippen molar-refractivity contribution in [1.82, 2.24) is 19.7 Å². The van der Waals surface area contributed by atoms with E-state index in [0.29, 0.717) is 6.61 Å². The Morgan fingerprint density at radius 3 is 3.06 bits per heavy atom. The molecule has 0 aliphatic carbocycles. The summed E-state index contributed by atoms with van der Waals surface area (Å²) in [5, 5.41) is 8.40. The van der Waals surface area contributed by atoms with Crippen LogP contribution in [0.1, 0.15) is 13.8 Å². The molecule has 2 aromatic rings. The Kier molecular flexibility index (Phi) is 3.53. The highest BCUT2D eigenvalue weighted by molar-refractivity contribution is 5.86. The van der Waals surface area contributed by atoms with Crippen LogP contribution in [0, 0.1) is 0 Å². The van der Waals surface area contributed by atoms with Gasteiger partial charge in [-0.25, -0.2) is 9.97 Å². The summed E-state index contributed by atoms with van der Waals surface area (Å²) in [6.45, 7) is 5.41. The maximum atomic E-state index is 5.36. The van der Waals surface area contributed by atoms with E-state index in [9.17, 15) is 0 Å². The topological polar surface area (TPSA) is 64.9 Å². The van der Waals surface area contributed by atoms with Gasteiger partial charge in [-0.2, -0.15) is 5.10 Å². The van der Waals surface area contributed by atoms with Crippen LogP contribution < -0.4 is 5.32 Å². The minimum absolute atomic E-state index is 0.202. The monoisotopic (exact) mass is 235 g/mol. The van der Waals surface area contributed by atoms with Gasteiger partial charge < -0.3 is 10.1 Å². The van der Waals surface area contributed by atoms with Gasteiger partial charge in [-0.1, -0.05) is 0 Å². The molecule has 0 radical (unpaired) electrons. The number of aryl methyl sites for hydroxylation is 1. The second kappa shape index (κ2) is 5.09. The van der Waals surface area contributed by atoms with Gasteiger partial charge in [-0.3, -0.25) is 4.68 Å². The Morgan fingerprint density at radius 2 is 2.29 bits per heavy atom. The number of ether oxygens (including phenoxy) is 1. The third-order valence-electron chi connectivity index (χ3n) is 2.48. The number of hydrogen-bond acceptors (Lipinski definition) is 5. The molecule has 0 fully saturated rings. The van der Waals surface area contributed by atoms with E-state index in [1.807, 2.05) is 14.0 Å². The van der Waals surface area contributed by atoms with Crippen molar-refractivity contribution in [3.8, 4) is 0 Å². The molecule has 2 heterocycles. The van der Waals surface area contributed by atoms with E-state index >= 15 is 0 Å². The Labute approximate surface area is 100 Å². The fourth-order valence-corrected chi connectivity index (χ4v) is 1.65. The molecule has 2 aromatic heterocycles. The zero-order valence-electron chi connectivity index (χ0n) is 10.3. The first kappa shape index (κ1) is 11.8. The van der Waals surface area contributed by atoms with Gasteiger partial charge in [-0.05, 0) is 13.8 Å². The summed E-state index contributed by atoms with van der Waals surface area (Å²) >= 11 is 0. The third-order valence-corrected chi connectivity index (χ3v) is 2.48. The van der Waals surface area contributed by atoms with Crippen molar-refractivity contribution in [2.75, 3.05) is 18.5 Å². The van der Waals surface area contributed by atoms with E-state index in [2.05, 4.69) is 27.3 Å². The van der Waals surface area contributed by atoms with E-state index in [-0.39, 0.29) is 6.04 Å². The number of hydrogen-bond donors (Lipinski definition) is 1. The maximum absolute atomic E-state index is 5.36. The molecule has 0 saturated carbocycles. The second-order valence-corrected chi connectivity index (χ2v) is 3.93. The van der Waals surface area contributed by atoms with E-state index in [0.717, 1.165) is 23.5 Å². The van der Waals surface area contributed by atoms with Gasteiger partial charge in [0.05, 0.1) is 18.2 Å². The predicted octanol–water partition coefficient (Wildman–Crippen LogP) is 1.20. The van der Waals surface area contributed by atoms with E-state index < -0.39 is 0 Å². The van der Waals surface area contributed by atoms with Crippen LogP contribution in [-0.2, 0) is 11.8 Å². The molecular weight excluding hydrogens is 218 g/mol. The Bertz CT molecular complexity index is 496. The first-order valence-electron chi connectivity index (χ1n) is 5.69. The molecule has 0 amide bonds. The van der Waals surface area contributed by atoms with Crippen LogP contribution in [0.5, 0.6) is 0 Å². The lowest BCUT2D eigenvalue weighted by atomic mass is 10.3. The number of anilines is 1. The summed E-state index contributed by atoms with van der Waals surface area (Å²) in [6, 6.07) is 0.202. The fraction of sp³-hybridized carbons (Fsp3) is 0.545. The first-order chi connectivity index (χ1) is 8.22. The zero-order valence-corrected chi connectivity index (χ0v) is 10.3. The van der Waals surface area contributed by atoms with Crippen LogP contribution in [0.2, 0.25) is 0 Å². The molecule has 6 nitrogen and oxygen atoms in total. The molecule has 0 spiro atoms. The third kappa shape index (κ3) is 2.52. The van der Waals surface area contributed by atoms with Crippen molar-refractivity contribution in [2.45, 2.75) is 19.9 Å². The molecule has 0 aliphatic rings. The first-order valence-corrected chi connectivity index (χ1v) is 5.69. The van der Waals surface area contributed by atoms with E-state index in [1.165, 1.54) is 0 Å². The standard InChI is InChI=1S/C11H17N5O/c1-4-17-6-8(2)15-10-9-5-14-16(3)11(9)13-7-12-10/h5,7-8H,4,6H2,1-3H3,(H,12,13,15). The Hall–Kier alpha value is -1.69. The molecule has 1 unspecified atom stereocenters. The Balaban J connectivity index is 2.18. The summed E-state index contributed by atoms with van der Waals surface area (Å²) in [6.07, 6.45) is 3.31. The van der Waals surface area contributed by atoms with Gasteiger partial charge >= 0.3 is 0 Å². The van der Waals surface area contributed by atoms with Crippen LogP contribution in [0.4, 0.5) is 5.82 Å². The number of nitrogens with one attached hydrogen (secondary N) is 1. The maximum Gasteiger partial charge on any atom is 0.163 e. The molecule has 92 valence electrons. The van der Waals surface area contributed by atoms with Crippen LogP contribution in [0.3, 0.4) is 0 Å². The van der Waals surface area contributed by atoms with Crippen molar-refractivity contribution in [3.63, 3.8) is 0 Å². The van der Waals surface area contributed by atoms with Gasteiger partial charge in [0.2, 0.25) is 0 Å². The van der Waals surface area contributed by atoms with Crippen molar-refractivity contribution in [2.24, 2.45) is 7.05 Å². The minimum atomic E-state index is 0.202. The molecule has 2 rings (SSSR count). The minimum Gasteiger partial charge on any atom is -0.380 e. The zero-order chi connectivity index (χ0) is 12.3. The van der Waals surface area contributed by atoms with Crippen molar-refractivity contribution < 1.29 is 4.74 Å². The summed E-state index contributed by atoms with van der Waals surface area (Å²) in [4.78, 5) is 8.43. The molecule has 1 atom stereocenters. The van der Waals surface area contributed by atoms with Crippen molar-refractivity contribution in [1.29, 1.82) is 0 Å². The van der Waals surface area contributed by atoms with Crippen molar-refractivity contribution >= 4 is 16.9 Å². The molecule has 0 bridgehead atoms. The van der Waals surface area contributed by atoms with Crippen LogP contribution in [0.15, 0.2) is 12.5 Å². The molecule has 0 aliphatic heterocycles. The number of aromatic nitrogens is 4. The van der Waals surface area contributed by atoms with Gasteiger partial charge in [0.15, 0.2) is 5.65 Å². The molecule has 0 saturated heterocycles. The average molecular weight is 235 g/mol. The lowest BCUT2D eigenvalue weighted by Gasteiger charge is -2.14. The van der Waals surface area contributed by atoms with E-state index in [4.69, 9.17) is 4.74 Å². The van der Waals surface area contributed by atoms with E-state index in [1.54, 1.807) is 17.2 Å². The smallest absolute Gasteiger partial charge is 0.163 e. The number of nitrogens with zero attached hydrogens (tertiary/aromatic N) is 4. The molecule has 6 heteroatoms. The second-order valence-electron chi connectivity index (χ2n) is 3.93. The summed E-state index contributed by atoms with van der Waals surface area (Å²) in [7, 11) is 1.86. The summed E-state index contributed by atoms with van der Waals surface area (Å²) in [5.41, 5.74) is 0.825. The van der Waals surface area contributed by atoms with Crippen LogP contribution in [-0.4, -0.2) is 39.0 Å². The lowest BCUT2D eigenvalue weighted by molar-refractivity contribution is 0.141. The Morgan fingerprint density at radius 1 is 1.47 bits per heavy atom. The SMILES string of the molecule is CCOCC(C)Nc1ncnc2c1cnn2C. The summed E-state index contributed by atoms with van der Waals surface area (Å²) in [5.74, 6) is 0.801. The number of fused-ring (bicyclic) bond motifs is 1. The highest BCUT2D eigenvalue weighted by Gasteiger charge is 2.09. The van der Waals surface area contributed by atoms with Gasteiger partial charge in [0.25, 0.3) is 0 Å². The molecule has 1 N–H and O–H groups in total. The van der Waals surface area contributed by atoms with Crippen LogP contribution in [0.25, 0.3) is 11.0 Å². The highest BCUT2D eigenvalue weighted by Crippen LogP contribution is 2.18. The number of rotatable bonds is 5.